The van der Waals surface area contributed by atoms with E-state index in [0.717, 1.165) is 31.5 Å². The molecule has 2 aliphatic rings. The molecule has 2 aliphatic heterocycles. The number of nitrogens with two attached hydrogens (primary N) is 1. The molecule has 0 radical (unpaired) electrons. The molecule has 0 spiro atoms. The molecular weight excluding hydrogens is 262 g/mol. The largest absolute Gasteiger partial charge is 0.372 e. The molecule has 2 N–H and O–H groups in total. The Labute approximate surface area is 117 Å². The van der Waals surface area contributed by atoms with Crippen LogP contribution < -0.4 is 5.73 Å². The van der Waals surface area contributed by atoms with Crippen molar-refractivity contribution in [3.8, 4) is 0 Å². The Hall–Kier alpha value is -1.04. The SMILES string of the molecule is NCC(c1cccc(C(F)F)c1)N1CC2CCC(C1)O2. The van der Waals surface area contributed by atoms with Crippen LogP contribution in [-0.4, -0.2) is 36.7 Å². The van der Waals surface area contributed by atoms with Gasteiger partial charge in [-0.05, 0) is 24.5 Å². The summed E-state index contributed by atoms with van der Waals surface area (Å²) in [5.41, 5.74) is 6.85. The van der Waals surface area contributed by atoms with Crippen LogP contribution in [0.25, 0.3) is 0 Å². The van der Waals surface area contributed by atoms with Gasteiger partial charge in [0.15, 0.2) is 0 Å². The molecule has 2 heterocycles. The highest BCUT2D eigenvalue weighted by atomic mass is 19.3. The summed E-state index contributed by atoms with van der Waals surface area (Å²) in [4.78, 5) is 2.29. The summed E-state index contributed by atoms with van der Waals surface area (Å²) in [5.74, 6) is 0. The third-order valence-electron chi connectivity index (χ3n) is 4.28. The van der Waals surface area contributed by atoms with Gasteiger partial charge in [0.2, 0.25) is 0 Å². The minimum absolute atomic E-state index is 0.000648. The zero-order chi connectivity index (χ0) is 14.1. The lowest BCUT2D eigenvalue weighted by atomic mass is 10.0. The van der Waals surface area contributed by atoms with Crippen molar-refractivity contribution in [1.29, 1.82) is 0 Å². The van der Waals surface area contributed by atoms with Crippen LogP contribution in [0.5, 0.6) is 0 Å². The number of halogens is 2. The predicted octanol–water partition coefficient (Wildman–Crippen LogP) is 2.49. The normalized spacial score (nSPS) is 28.0. The molecule has 5 heteroatoms. The second-order valence-corrected chi connectivity index (χ2v) is 5.63. The van der Waals surface area contributed by atoms with Crippen molar-refractivity contribution in [2.75, 3.05) is 19.6 Å². The van der Waals surface area contributed by atoms with E-state index in [4.69, 9.17) is 10.5 Å². The molecule has 110 valence electrons. The molecule has 0 saturated carbocycles. The fourth-order valence-electron chi connectivity index (χ4n) is 3.30. The van der Waals surface area contributed by atoms with Gasteiger partial charge in [-0.15, -0.1) is 0 Å². The molecule has 3 atom stereocenters. The summed E-state index contributed by atoms with van der Waals surface area (Å²) in [6.07, 6.45) is 0.307. The maximum Gasteiger partial charge on any atom is 0.263 e. The van der Waals surface area contributed by atoms with Crippen LogP contribution in [0.4, 0.5) is 8.78 Å². The first-order chi connectivity index (χ1) is 9.67. The smallest absolute Gasteiger partial charge is 0.263 e. The van der Waals surface area contributed by atoms with E-state index in [2.05, 4.69) is 4.90 Å². The van der Waals surface area contributed by atoms with Gasteiger partial charge in [0.05, 0.1) is 12.2 Å². The number of nitrogens with zero attached hydrogens (tertiary/aromatic N) is 1. The second kappa shape index (κ2) is 5.76. The zero-order valence-corrected chi connectivity index (χ0v) is 11.3. The van der Waals surface area contributed by atoms with Crippen LogP contribution in [0.2, 0.25) is 0 Å². The summed E-state index contributed by atoms with van der Waals surface area (Å²) >= 11 is 0. The van der Waals surface area contributed by atoms with Crippen molar-refractivity contribution >= 4 is 0 Å². The van der Waals surface area contributed by atoms with Gasteiger partial charge in [0.25, 0.3) is 6.43 Å². The number of hydrogen-bond donors (Lipinski definition) is 1. The Morgan fingerprint density at radius 3 is 2.45 bits per heavy atom. The van der Waals surface area contributed by atoms with Crippen molar-refractivity contribution in [2.45, 2.75) is 37.5 Å². The first kappa shape index (κ1) is 13.9. The van der Waals surface area contributed by atoms with Gasteiger partial charge in [-0.3, -0.25) is 4.90 Å². The quantitative estimate of drug-likeness (QED) is 0.922. The Kier molecular flexibility index (Phi) is 4.01. The third-order valence-corrected chi connectivity index (χ3v) is 4.28. The number of hydrogen-bond acceptors (Lipinski definition) is 3. The molecule has 3 rings (SSSR count). The molecular formula is C15H20F2N2O. The summed E-state index contributed by atoms with van der Waals surface area (Å²) in [6, 6.07) is 6.63. The Morgan fingerprint density at radius 1 is 1.20 bits per heavy atom. The van der Waals surface area contributed by atoms with Gasteiger partial charge < -0.3 is 10.5 Å². The molecule has 1 aromatic carbocycles. The van der Waals surface area contributed by atoms with Gasteiger partial charge in [0.1, 0.15) is 0 Å². The van der Waals surface area contributed by atoms with Crippen LogP contribution in [-0.2, 0) is 4.74 Å². The molecule has 2 saturated heterocycles. The van der Waals surface area contributed by atoms with E-state index in [1.165, 1.54) is 6.07 Å². The topological polar surface area (TPSA) is 38.5 Å². The number of likely N-dealkylation sites (tertiary alicyclic amines) is 1. The van der Waals surface area contributed by atoms with Crippen molar-refractivity contribution in [2.24, 2.45) is 5.73 Å². The number of morpholine rings is 1. The van der Waals surface area contributed by atoms with Gasteiger partial charge in [-0.1, -0.05) is 18.2 Å². The van der Waals surface area contributed by atoms with E-state index in [1.807, 2.05) is 6.07 Å². The highest BCUT2D eigenvalue weighted by Crippen LogP contribution is 2.32. The maximum absolute atomic E-state index is 12.8. The summed E-state index contributed by atoms with van der Waals surface area (Å²) in [6.45, 7) is 2.13. The Balaban J connectivity index is 1.80. The zero-order valence-electron chi connectivity index (χ0n) is 11.3. The molecule has 2 fully saturated rings. The van der Waals surface area contributed by atoms with E-state index < -0.39 is 6.43 Å². The third kappa shape index (κ3) is 2.71. The van der Waals surface area contributed by atoms with E-state index in [0.29, 0.717) is 6.54 Å². The van der Waals surface area contributed by atoms with Crippen LogP contribution in [0.15, 0.2) is 24.3 Å². The molecule has 20 heavy (non-hydrogen) atoms. The first-order valence-electron chi connectivity index (χ1n) is 7.15. The fourth-order valence-corrected chi connectivity index (χ4v) is 3.30. The number of ether oxygens (including phenoxy) is 1. The molecule has 1 aromatic rings. The van der Waals surface area contributed by atoms with Crippen LogP contribution in [0.1, 0.15) is 36.4 Å². The number of benzene rings is 1. The molecule has 3 nitrogen and oxygen atoms in total. The van der Waals surface area contributed by atoms with Crippen LogP contribution >= 0.6 is 0 Å². The van der Waals surface area contributed by atoms with E-state index >= 15 is 0 Å². The highest BCUT2D eigenvalue weighted by Gasteiger charge is 2.36. The highest BCUT2D eigenvalue weighted by molar-refractivity contribution is 5.27. The number of fused-ring (bicyclic) bond motifs is 2. The average molecular weight is 282 g/mol. The molecule has 2 bridgehead atoms. The van der Waals surface area contributed by atoms with Crippen LogP contribution in [0, 0.1) is 0 Å². The minimum Gasteiger partial charge on any atom is -0.372 e. The lowest BCUT2D eigenvalue weighted by Crippen LogP contribution is -2.46. The minimum atomic E-state index is -2.44. The Morgan fingerprint density at radius 2 is 1.85 bits per heavy atom. The molecule has 0 aromatic heterocycles. The van der Waals surface area contributed by atoms with E-state index in [-0.39, 0.29) is 23.8 Å². The molecule has 0 amide bonds. The van der Waals surface area contributed by atoms with Crippen molar-refractivity contribution in [3.63, 3.8) is 0 Å². The molecule has 0 aliphatic carbocycles. The van der Waals surface area contributed by atoms with Crippen molar-refractivity contribution in [1.82, 2.24) is 4.90 Å². The van der Waals surface area contributed by atoms with Gasteiger partial charge in [0, 0.05) is 31.2 Å². The fraction of sp³-hybridized carbons (Fsp3) is 0.600. The monoisotopic (exact) mass is 282 g/mol. The van der Waals surface area contributed by atoms with E-state index in [1.54, 1.807) is 12.1 Å². The van der Waals surface area contributed by atoms with Crippen LogP contribution in [0.3, 0.4) is 0 Å². The van der Waals surface area contributed by atoms with E-state index in [9.17, 15) is 8.78 Å². The lowest BCUT2D eigenvalue weighted by Gasteiger charge is -2.37. The summed E-state index contributed by atoms with van der Waals surface area (Å²) < 4.78 is 31.5. The number of rotatable bonds is 4. The maximum atomic E-state index is 12.8. The van der Waals surface area contributed by atoms with Gasteiger partial charge in [-0.25, -0.2) is 8.78 Å². The second-order valence-electron chi connectivity index (χ2n) is 5.63. The average Bonchev–Trinajstić information content (AvgIpc) is 2.79. The Bertz CT molecular complexity index is 457. The standard InChI is InChI=1S/C15H20F2N2O/c16-15(17)11-3-1-2-10(6-11)14(7-18)19-8-12-4-5-13(9-19)20-12/h1-3,6,12-15H,4-5,7-9,18H2. The molecule has 3 unspecified atom stereocenters. The summed E-state index contributed by atoms with van der Waals surface area (Å²) in [7, 11) is 0. The van der Waals surface area contributed by atoms with Gasteiger partial charge >= 0.3 is 0 Å². The predicted molar refractivity (Wildman–Crippen MR) is 72.7 cm³/mol. The van der Waals surface area contributed by atoms with Gasteiger partial charge in [-0.2, -0.15) is 0 Å². The first-order valence-corrected chi connectivity index (χ1v) is 7.15. The lowest BCUT2D eigenvalue weighted by molar-refractivity contribution is -0.0521. The van der Waals surface area contributed by atoms with Crippen molar-refractivity contribution < 1.29 is 13.5 Å². The van der Waals surface area contributed by atoms with Crippen molar-refractivity contribution in [3.05, 3.63) is 35.4 Å². The number of alkyl halides is 2. The summed E-state index contributed by atoms with van der Waals surface area (Å²) in [5, 5.41) is 0.